The van der Waals surface area contributed by atoms with Crippen LogP contribution in [-0.4, -0.2) is 10.8 Å². The van der Waals surface area contributed by atoms with E-state index in [1.807, 2.05) is 19.1 Å². The van der Waals surface area contributed by atoms with E-state index in [2.05, 4.69) is 5.32 Å². The lowest BCUT2D eigenvalue weighted by Crippen LogP contribution is -2.24. The van der Waals surface area contributed by atoms with Gasteiger partial charge >= 0.3 is 0 Å². The van der Waals surface area contributed by atoms with Gasteiger partial charge < -0.3 is 5.32 Å². The van der Waals surface area contributed by atoms with Crippen LogP contribution < -0.4 is 5.32 Å². The summed E-state index contributed by atoms with van der Waals surface area (Å²) in [4.78, 5) is 22.4. The fourth-order valence-corrected chi connectivity index (χ4v) is 2.28. The van der Waals surface area contributed by atoms with E-state index < -0.39 is 4.92 Å². The van der Waals surface area contributed by atoms with Gasteiger partial charge in [-0.2, -0.15) is 0 Å². The summed E-state index contributed by atoms with van der Waals surface area (Å²) in [5.41, 5.74) is 1.22. The minimum atomic E-state index is -0.480. The second-order valence-corrected chi connectivity index (χ2v) is 5.37. The maximum absolute atomic E-state index is 12.0. The number of nitrogens with zero attached hydrogens (tertiary/aromatic N) is 1. The first kappa shape index (κ1) is 16.7. The number of para-hydroxylation sites is 1. The van der Waals surface area contributed by atoms with E-state index in [0.717, 1.165) is 5.56 Å². The zero-order valence-corrected chi connectivity index (χ0v) is 13.2. The molecule has 2 aromatic carbocycles. The number of amides is 1. The largest absolute Gasteiger partial charge is 0.346 e. The number of carbonyl (C=O) groups is 1. The van der Waals surface area contributed by atoms with Crippen molar-refractivity contribution in [1.29, 1.82) is 0 Å². The maximum Gasteiger partial charge on any atom is 0.276 e. The summed E-state index contributed by atoms with van der Waals surface area (Å²) in [6, 6.07) is 13.2. The van der Waals surface area contributed by atoms with Crippen LogP contribution in [0.1, 0.15) is 24.1 Å². The first-order valence-corrected chi connectivity index (χ1v) is 7.32. The molecule has 0 bridgehead atoms. The molecular weight excluding hydrogens is 316 g/mol. The number of hydrogen-bond donors (Lipinski definition) is 1. The van der Waals surface area contributed by atoms with Gasteiger partial charge in [0.05, 0.1) is 16.5 Å². The molecule has 1 N–H and O–H groups in total. The van der Waals surface area contributed by atoms with Crippen molar-refractivity contribution in [2.75, 3.05) is 0 Å². The Morgan fingerprint density at radius 3 is 2.70 bits per heavy atom. The van der Waals surface area contributed by atoms with Crippen molar-refractivity contribution in [3.63, 3.8) is 0 Å². The maximum atomic E-state index is 12.0. The highest BCUT2D eigenvalue weighted by atomic mass is 35.5. The molecular formula is C17H15ClN2O3. The molecule has 0 aliphatic carbocycles. The minimum Gasteiger partial charge on any atom is -0.346 e. The molecule has 0 aliphatic heterocycles. The van der Waals surface area contributed by atoms with Crippen LogP contribution >= 0.6 is 11.6 Å². The van der Waals surface area contributed by atoms with Gasteiger partial charge in [-0.1, -0.05) is 35.9 Å². The van der Waals surface area contributed by atoms with Crippen LogP contribution in [0.3, 0.4) is 0 Å². The van der Waals surface area contributed by atoms with Crippen molar-refractivity contribution in [2.45, 2.75) is 13.0 Å². The van der Waals surface area contributed by atoms with Crippen molar-refractivity contribution in [1.82, 2.24) is 5.32 Å². The summed E-state index contributed by atoms with van der Waals surface area (Å²) < 4.78 is 0. The summed E-state index contributed by atoms with van der Waals surface area (Å²) in [7, 11) is 0. The summed E-state index contributed by atoms with van der Waals surface area (Å²) in [6.07, 6.45) is 2.71. The Bertz CT molecular complexity index is 759. The van der Waals surface area contributed by atoms with Gasteiger partial charge in [-0.05, 0) is 36.8 Å². The molecule has 2 rings (SSSR count). The van der Waals surface area contributed by atoms with E-state index >= 15 is 0 Å². The Balaban J connectivity index is 2.06. The van der Waals surface area contributed by atoms with Gasteiger partial charge in [-0.3, -0.25) is 14.9 Å². The fraction of sp³-hybridized carbons (Fsp3) is 0.118. The number of nitro groups is 1. The number of nitro benzene ring substituents is 1. The smallest absolute Gasteiger partial charge is 0.276 e. The van der Waals surface area contributed by atoms with E-state index in [-0.39, 0.29) is 17.6 Å². The molecule has 0 spiro atoms. The van der Waals surface area contributed by atoms with Gasteiger partial charge in [-0.25, -0.2) is 0 Å². The van der Waals surface area contributed by atoms with Crippen molar-refractivity contribution < 1.29 is 9.72 Å². The molecule has 0 saturated carbocycles. The molecule has 1 amide bonds. The van der Waals surface area contributed by atoms with Crippen molar-refractivity contribution in [3.8, 4) is 0 Å². The lowest BCUT2D eigenvalue weighted by molar-refractivity contribution is -0.385. The number of rotatable bonds is 5. The third kappa shape index (κ3) is 4.66. The highest BCUT2D eigenvalue weighted by molar-refractivity contribution is 6.30. The van der Waals surface area contributed by atoms with E-state index in [4.69, 9.17) is 11.6 Å². The average molecular weight is 331 g/mol. The number of hydrogen-bond acceptors (Lipinski definition) is 3. The second kappa shape index (κ2) is 7.56. The molecule has 6 heteroatoms. The third-order valence-corrected chi connectivity index (χ3v) is 3.49. The Kier molecular flexibility index (Phi) is 5.49. The zero-order valence-electron chi connectivity index (χ0n) is 12.4. The summed E-state index contributed by atoms with van der Waals surface area (Å²) in [6.45, 7) is 1.84. The molecule has 0 saturated heterocycles. The first-order chi connectivity index (χ1) is 11.0. The fourth-order valence-electron chi connectivity index (χ4n) is 2.08. The molecule has 0 aromatic heterocycles. The normalized spacial score (nSPS) is 12.1. The molecule has 1 atom stereocenters. The molecule has 0 radical (unpaired) electrons. The SMILES string of the molecule is C[C@H](NC(=O)/C=C/c1ccccc1[N+](=O)[O-])c1cccc(Cl)c1. The van der Waals surface area contributed by atoms with Gasteiger partial charge in [0.15, 0.2) is 0 Å². The number of nitrogens with one attached hydrogen (secondary N) is 1. The molecule has 118 valence electrons. The summed E-state index contributed by atoms with van der Waals surface area (Å²) in [5.74, 6) is -0.337. The predicted molar refractivity (Wildman–Crippen MR) is 90.1 cm³/mol. The molecule has 0 fully saturated rings. The summed E-state index contributed by atoms with van der Waals surface area (Å²) >= 11 is 5.92. The minimum absolute atomic E-state index is 0.0422. The van der Waals surface area contributed by atoms with Crippen LogP contribution in [0.15, 0.2) is 54.6 Å². The van der Waals surface area contributed by atoms with Crippen LogP contribution in [0.2, 0.25) is 5.02 Å². The van der Waals surface area contributed by atoms with E-state index in [9.17, 15) is 14.9 Å². The Labute approximate surface area is 138 Å². The molecule has 0 unspecified atom stereocenters. The number of halogens is 1. The van der Waals surface area contributed by atoms with E-state index in [1.54, 1.807) is 30.3 Å². The second-order valence-electron chi connectivity index (χ2n) is 4.93. The quantitative estimate of drug-likeness (QED) is 0.508. The topological polar surface area (TPSA) is 72.2 Å². The standard InChI is InChI=1S/C17H15ClN2O3/c1-12(14-6-4-7-15(18)11-14)19-17(21)10-9-13-5-2-3-8-16(13)20(22)23/h2-12H,1H3,(H,19,21)/b10-9+/t12-/m0/s1. The first-order valence-electron chi connectivity index (χ1n) is 6.95. The van der Waals surface area contributed by atoms with Crippen LogP contribution in [-0.2, 0) is 4.79 Å². The van der Waals surface area contributed by atoms with Gasteiger partial charge in [0, 0.05) is 17.2 Å². The van der Waals surface area contributed by atoms with Gasteiger partial charge in [0.25, 0.3) is 5.69 Å². The Morgan fingerprint density at radius 1 is 1.26 bits per heavy atom. The highest BCUT2D eigenvalue weighted by Gasteiger charge is 2.11. The lowest BCUT2D eigenvalue weighted by Gasteiger charge is -2.13. The molecule has 2 aromatic rings. The van der Waals surface area contributed by atoms with Gasteiger partial charge in [0.2, 0.25) is 5.91 Å². The number of carbonyl (C=O) groups excluding carboxylic acids is 1. The average Bonchev–Trinajstić information content (AvgIpc) is 2.53. The summed E-state index contributed by atoms with van der Waals surface area (Å²) in [5, 5.41) is 14.3. The molecule has 23 heavy (non-hydrogen) atoms. The molecule has 0 aliphatic rings. The van der Waals surface area contributed by atoms with Crippen molar-refractivity contribution >= 4 is 29.3 Å². The predicted octanol–water partition coefficient (Wildman–Crippen LogP) is 4.14. The third-order valence-electron chi connectivity index (χ3n) is 3.26. The lowest BCUT2D eigenvalue weighted by atomic mass is 10.1. The van der Waals surface area contributed by atoms with E-state index in [1.165, 1.54) is 18.2 Å². The Morgan fingerprint density at radius 2 is 2.00 bits per heavy atom. The van der Waals surface area contributed by atoms with Crippen LogP contribution in [0.4, 0.5) is 5.69 Å². The highest BCUT2D eigenvalue weighted by Crippen LogP contribution is 2.19. The molecule has 0 heterocycles. The van der Waals surface area contributed by atoms with Crippen molar-refractivity contribution in [3.05, 3.63) is 80.9 Å². The number of benzene rings is 2. The van der Waals surface area contributed by atoms with Crippen molar-refractivity contribution in [2.24, 2.45) is 0 Å². The Hall–Kier alpha value is -2.66. The van der Waals surface area contributed by atoms with Gasteiger partial charge in [-0.15, -0.1) is 0 Å². The van der Waals surface area contributed by atoms with Crippen LogP contribution in [0.5, 0.6) is 0 Å². The van der Waals surface area contributed by atoms with Crippen LogP contribution in [0, 0.1) is 10.1 Å². The monoisotopic (exact) mass is 330 g/mol. The molecule has 5 nitrogen and oxygen atoms in total. The zero-order chi connectivity index (χ0) is 16.8. The van der Waals surface area contributed by atoms with Crippen LogP contribution in [0.25, 0.3) is 6.08 Å². The van der Waals surface area contributed by atoms with E-state index in [0.29, 0.717) is 10.6 Å². The van der Waals surface area contributed by atoms with Gasteiger partial charge in [0.1, 0.15) is 0 Å².